The fourth-order valence-electron chi connectivity index (χ4n) is 6.29. The van der Waals surface area contributed by atoms with Gasteiger partial charge < -0.3 is 15.0 Å². The predicted octanol–water partition coefficient (Wildman–Crippen LogP) is 6.67. The number of Topliss-reactive ketones (excluding diaryl/α,β-unsaturated/α-hetero) is 1. The van der Waals surface area contributed by atoms with Crippen molar-refractivity contribution < 1.29 is 18.3 Å². The number of morpholine rings is 1. The van der Waals surface area contributed by atoms with Crippen LogP contribution in [0.1, 0.15) is 57.2 Å². The van der Waals surface area contributed by atoms with Gasteiger partial charge in [0.05, 0.1) is 30.3 Å². The zero-order chi connectivity index (χ0) is 30.9. The number of carbonyl (C=O) groups excluding carboxylic acids is 1. The minimum Gasteiger partial charge on any atom is -0.378 e. The molecule has 0 bridgehead atoms. The molecule has 2 aliphatic rings. The third kappa shape index (κ3) is 6.59. The van der Waals surface area contributed by atoms with Crippen LogP contribution < -0.4 is 10.2 Å². The van der Waals surface area contributed by atoms with Crippen molar-refractivity contribution in [1.82, 2.24) is 15.3 Å². The summed E-state index contributed by atoms with van der Waals surface area (Å²) in [7, 11) is 0. The maximum Gasteiger partial charge on any atom is 0.225 e. The number of carbonyl (C=O) groups is 1. The minimum atomic E-state index is -1.68. The maximum atomic E-state index is 15.8. The van der Waals surface area contributed by atoms with Gasteiger partial charge in [-0.25, -0.2) is 18.7 Å². The number of ether oxygens (including phenoxy) is 1. The van der Waals surface area contributed by atoms with Gasteiger partial charge in [-0.2, -0.15) is 5.26 Å². The molecule has 11 heteroatoms. The number of nitriles is 1. The normalized spacial score (nSPS) is 23.6. The molecule has 5 rings (SSSR count). The number of hydrogen-bond acceptors (Lipinski definition) is 7. The average Bonchev–Trinajstić information content (AvgIpc) is 3.28. The quantitative estimate of drug-likeness (QED) is 0.307. The molecule has 3 aromatic rings. The molecule has 2 aliphatic heterocycles. The van der Waals surface area contributed by atoms with Gasteiger partial charge in [0.15, 0.2) is 5.78 Å². The largest absolute Gasteiger partial charge is 0.378 e. The van der Waals surface area contributed by atoms with E-state index in [1.807, 2.05) is 25.7 Å². The van der Waals surface area contributed by atoms with Crippen molar-refractivity contribution in [2.75, 3.05) is 31.2 Å². The highest BCUT2D eigenvalue weighted by molar-refractivity contribution is 6.31. The fourth-order valence-corrected chi connectivity index (χ4v) is 6.63. The van der Waals surface area contributed by atoms with Crippen LogP contribution >= 0.6 is 23.2 Å². The summed E-state index contributed by atoms with van der Waals surface area (Å²) in [4.78, 5) is 25.1. The van der Waals surface area contributed by atoms with Crippen LogP contribution in [0.15, 0.2) is 48.8 Å². The summed E-state index contributed by atoms with van der Waals surface area (Å²) in [6.07, 6.45) is 3.51. The third-order valence-electron chi connectivity index (χ3n) is 8.16. The number of nitrogens with zero attached hydrogens (tertiary/aromatic N) is 4. The first-order chi connectivity index (χ1) is 20.4. The van der Waals surface area contributed by atoms with Crippen LogP contribution in [0.5, 0.6) is 0 Å². The van der Waals surface area contributed by atoms with Gasteiger partial charge in [0.25, 0.3) is 0 Å². The monoisotopic (exact) mass is 643 g/mol. The molecule has 7 nitrogen and oxygen atoms in total. The molecule has 2 aromatic carbocycles. The van der Waals surface area contributed by atoms with E-state index in [1.165, 1.54) is 24.3 Å². The summed E-state index contributed by atoms with van der Waals surface area (Å²) in [5, 5.41) is 14.3. The predicted molar refractivity (Wildman–Crippen MR) is 168 cm³/mol. The van der Waals surface area contributed by atoms with Crippen molar-refractivity contribution in [3.63, 3.8) is 0 Å². The van der Waals surface area contributed by atoms with Crippen LogP contribution in [-0.2, 0) is 21.4 Å². The molecule has 2 fully saturated rings. The number of anilines is 1. The van der Waals surface area contributed by atoms with Gasteiger partial charge >= 0.3 is 0 Å². The van der Waals surface area contributed by atoms with E-state index in [4.69, 9.17) is 27.9 Å². The van der Waals surface area contributed by atoms with Gasteiger partial charge in [-0.1, -0.05) is 69.6 Å². The van der Waals surface area contributed by atoms with E-state index in [9.17, 15) is 10.1 Å². The summed E-state index contributed by atoms with van der Waals surface area (Å²) >= 11 is 12.3. The Hall–Kier alpha value is -3.16. The average molecular weight is 645 g/mol. The number of benzene rings is 2. The lowest BCUT2D eigenvalue weighted by atomic mass is 9.62. The van der Waals surface area contributed by atoms with Crippen molar-refractivity contribution in [3.05, 3.63) is 87.2 Å². The van der Waals surface area contributed by atoms with E-state index < -0.39 is 35.1 Å². The highest BCUT2D eigenvalue weighted by Gasteiger charge is 2.60. The van der Waals surface area contributed by atoms with Crippen LogP contribution in [0, 0.1) is 28.4 Å². The van der Waals surface area contributed by atoms with E-state index in [0.29, 0.717) is 44.2 Å². The zero-order valence-electron chi connectivity index (χ0n) is 24.2. The Morgan fingerprint density at radius 3 is 2.45 bits per heavy atom. The Labute approximate surface area is 267 Å². The molecule has 1 N–H and O–H groups in total. The number of hydrogen-bond donors (Lipinski definition) is 1. The smallest absolute Gasteiger partial charge is 0.225 e. The van der Waals surface area contributed by atoms with Gasteiger partial charge in [-0.3, -0.25) is 4.79 Å². The lowest BCUT2D eigenvalue weighted by Crippen LogP contribution is -2.44. The third-order valence-corrected chi connectivity index (χ3v) is 8.69. The molecular formula is C33H37Cl2F2N5O2. The van der Waals surface area contributed by atoms with Gasteiger partial charge in [0.2, 0.25) is 5.95 Å². The molecule has 0 spiro atoms. The summed E-state index contributed by atoms with van der Waals surface area (Å²) in [5.41, 5.74) is -1.34. The van der Waals surface area contributed by atoms with E-state index in [1.54, 1.807) is 18.5 Å². The summed E-state index contributed by atoms with van der Waals surface area (Å²) in [6.45, 7) is 8.49. The SMILES string of the molecule is C.CC(C)(C)C[C@@H]1N[C@@H](C(=O)Cc2cnc(N3CCOCC3)nc2)[C@H](c2cccc(Cl)c2F)[C@@]1(C#N)c1ccc(Cl)cc1F. The molecule has 0 amide bonds. The second kappa shape index (κ2) is 13.5. The Kier molecular flexibility index (Phi) is 10.3. The van der Waals surface area contributed by atoms with Crippen LogP contribution in [-0.4, -0.2) is 54.1 Å². The second-order valence-corrected chi connectivity index (χ2v) is 13.2. The van der Waals surface area contributed by atoms with E-state index in [0.717, 1.165) is 6.07 Å². The Morgan fingerprint density at radius 1 is 1.16 bits per heavy atom. The first-order valence-electron chi connectivity index (χ1n) is 14.2. The molecule has 44 heavy (non-hydrogen) atoms. The molecule has 4 atom stereocenters. The lowest BCUT2D eigenvalue weighted by Gasteiger charge is -2.37. The summed E-state index contributed by atoms with van der Waals surface area (Å²) in [6, 6.07) is 9.17. The molecule has 0 saturated carbocycles. The maximum absolute atomic E-state index is 15.8. The number of halogens is 4. The lowest BCUT2D eigenvalue weighted by molar-refractivity contribution is -0.120. The van der Waals surface area contributed by atoms with Gasteiger partial charge in [-0.15, -0.1) is 0 Å². The van der Waals surface area contributed by atoms with Crippen LogP contribution in [0.4, 0.5) is 14.7 Å². The van der Waals surface area contributed by atoms with Gasteiger partial charge in [0.1, 0.15) is 17.0 Å². The number of aromatic nitrogens is 2. The molecule has 3 heterocycles. The van der Waals surface area contributed by atoms with Crippen LogP contribution in [0.2, 0.25) is 10.0 Å². The molecule has 0 aliphatic carbocycles. The van der Waals surface area contributed by atoms with Gasteiger partial charge in [0, 0.05) is 54.4 Å². The second-order valence-electron chi connectivity index (χ2n) is 12.3. The van der Waals surface area contributed by atoms with Crippen molar-refractivity contribution in [2.45, 2.75) is 64.5 Å². The summed E-state index contributed by atoms with van der Waals surface area (Å²) < 4.78 is 37.0. The Balaban J connectivity index is 0.00000442. The minimum absolute atomic E-state index is 0. The molecule has 2 saturated heterocycles. The van der Waals surface area contributed by atoms with Crippen molar-refractivity contribution in [3.8, 4) is 6.07 Å². The molecule has 234 valence electrons. The molecular weight excluding hydrogens is 607 g/mol. The van der Waals surface area contributed by atoms with Crippen molar-refractivity contribution in [2.24, 2.45) is 5.41 Å². The number of rotatable bonds is 7. The van der Waals surface area contributed by atoms with Gasteiger partial charge in [-0.05, 0) is 41.2 Å². The van der Waals surface area contributed by atoms with Crippen LogP contribution in [0.25, 0.3) is 0 Å². The first kappa shape index (κ1) is 33.7. The Morgan fingerprint density at radius 2 is 1.84 bits per heavy atom. The number of ketones is 1. The van der Waals surface area contributed by atoms with E-state index in [-0.39, 0.29) is 46.2 Å². The topological polar surface area (TPSA) is 91.1 Å². The standard InChI is InChI=1S/C32H33Cl2F2N5O2.CH4/c1-31(2,3)15-26-32(18-37,22-8-7-20(33)14-24(22)35)27(21-5-4-6-23(34)28(21)36)29(40-26)25(42)13-19-16-38-30(39-17-19)41-9-11-43-12-10-41;/h4-8,14,16-17,26-27,29,40H,9-13,15H2,1-3H3;1H4/t26-,27-,29-,32-;/m0./s1. The Bertz CT molecular complexity index is 1540. The highest BCUT2D eigenvalue weighted by Crippen LogP contribution is 2.53. The molecule has 0 radical (unpaired) electrons. The van der Waals surface area contributed by atoms with E-state index >= 15 is 8.78 Å². The first-order valence-corrected chi connectivity index (χ1v) is 14.9. The van der Waals surface area contributed by atoms with Crippen molar-refractivity contribution >= 4 is 34.9 Å². The number of nitrogens with one attached hydrogen (secondary N) is 1. The molecule has 1 aromatic heterocycles. The fraction of sp³-hybridized carbons (Fsp3) is 0.455. The summed E-state index contributed by atoms with van der Waals surface area (Å²) in [5.74, 6) is -2.33. The van der Waals surface area contributed by atoms with E-state index in [2.05, 4.69) is 21.4 Å². The van der Waals surface area contributed by atoms with Crippen molar-refractivity contribution in [1.29, 1.82) is 5.26 Å². The highest BCUT2D eigenvalue weighted by atomic mass is 35.5. The zero-order valence-corrected chi connectivity index (χ0v) is 25.7. The van der Waals surface area contributed by atoms with Crippen LogP contribution in [0.3, 0.4) is 0 Å². The molecule has 0 unspecified atom stereocenters.